The molecule has 0 radical (unpaired) electrons. The molecular formula is C18H20O. The van der Waals surface area contributed by atoms with Crippen LogP contribution in [-0.4, -0.2) is 6.29 Å². The van der Waals surface area contributed by atoms with Crippen LogP contribution < -0.4 is 0 Å². The fourth-order valence-electron chi connectivity index (χ4n) is 2.38. The Balaban J connectivity index is 2.45. The van der Waals surface area contributed by atoms with Crippen LogP contribution in [0.25, 0.3) is 11.1 Å². The van der Waals surface area contributed by atoms with Crippen LogP contribution in [0.4, 0.5) is 0 Å². The quantitative estimate of drug-likeness (QED) is 0.710. The number of rotatable bonds is 5. The molecule has 0 saturated carbocycles. The van der Waals surface area contributed by atoms with Crippen molar-refractivity contribution in [3.8, 4) is 11.1 Å². The van der Waals surface area contributed by atoms with Crippen molar-refractivity contribution >= 4 is 6.29 Å². The van der Waals surface area contributed by atoms with Crippen molar-refractivity contribution in [2.75, 3.05) is 0 Å². The Morgan fingerprint density at radius 2 is 1.84 bits per heavy atom. The topological polar surface area (TPSA) is 17.1 Å². The first-order chi connectivity index (χ1) is 9.26. The van der Waals surface area contributed by atoms with Gasteiger partial charge in [-0.1, -0.05) is 62.4 Å². The van der Waals surface area contributed by atoms with Crippen LogP contribution in [0.15, 0.2) is 48.5 Å². The third-order valence-corrected chi connectivity index (χ3v) is 3.62. The molecule has 0 aliphatic carbocycles. The molecule has 2 aromatic carbocycles. The van der Waals surface area contributed by atoms with Gasteiger partial charge in [0, 0.05) is 6.42 Å². The molecule has 0 aliphatic rings. The monoisotopic (exact) mass is 252 g/mol. The molecule has 0 spiro atoms. The number of hydrogen-bond acceptors (Lipinski definition) is 1. The third-order valence-electron chi connectivity index (χ3n) is 3.62. The van der Waals surface area contributed by atoms with Gasteiger partial charge in [-0.05, 0) is 34.6 Å². The van der Waals surface area contributed by atoms with E-state index < -0.39 is 0 Å². The molecule has 0 aliphatic heterocycles. The highest BCUT2D eigenvalue weighted by molar-refractivity contribution is 5.68. The third kappa shape index (κ3) is 3.11. The summed E-state index contributed by atoms with van der Waals surface area (Å²) in [6.45, 7) is 4.28. The number of carbonyl (C=O) groups excluding carboxylic acids is 1. The van der Waals surface area contributed by atoms with E-state index in [9.17, 15) is 4.79 Å². The molecule has 0 saturated heterocycles. The molecular weight excluding hydrogens is 232 g/mol. The van der Waals surface area contributed by atoms with Crippen LogP contribution in [0, 0.1) is 0 Å². The van der Waals surface area contributed by atoms with Gasteiger partial charge in [-0.2, -0.15) is 0 Å². The number of hydrogen-bond donors (Lipinski definition) is 0. The van der Waals surface area contributed by atoms with E-state index in [1.165, 1.54) is 22.3 Å². The molecule has 0 heterocycles. The fourth-order valence-corrected chi connectivity index (χ4v) is 2.38. The summed E-state index contributed by atoms with van der Waals surface area (Å²) in [7, 11) is 0. The molecule has 98 valence electrons. The lowest BCUT2D eigenvalue weighted by molar-refractivity contribution is -0.108. The molecule has 1 nitrogen and oxygen atoms in total. The molecule has 0 amide bonds. The zero-order chi connectivity index (χ0) is 13.7. The molecule has 2 aromatic rings. The maximum absolute atomic E-state index is 10.7. The van der Waals surface area contributed by atoms with Crippen molar-refractivity contribution in [1.82, 2.24) is 0 Å². The summed E-state index contributed by atoms with van der Waals surface area (Å²) in [4.78, 5) is 10.7. The van der Waals surface area contributed by atoms with Crippen molar-refractivity contribution in [3.63, 3.8) is 0 Å². The van der Waals surface area contributed by atoms with E-state index in [0.717, 1.165) is 12.7 Å². The summed E-state index contributed by atoms with van der Waals surface area (Å²) < 4.78 is 0. The maximum atomic E-state index is 10.7. The van der Waals surface area contributed by atoms with Crippen LogP contribution >= 0.6 is 0 Å². The first kappa shape index (κ1) is 13.5. The van der Waals surface area contributed by atoms with E-state index >= 15 is 0 Å². The Labute approximate surface area is 115 Å². The van der Waals surface area contributed by atoms with Gasteiger partial charge in [-0.3, -0.25) is 0 Å². The highest BCUT2D eigenvalue weighted by Crippen LogP contribution is 2.29. The zero-order valence-corrected chi connectivity index (χ0v) is 11.6. The molecule has 0 bridgehead atoms. The predicted octanol–water partition coefficient (Wildman–Crippen LogP) is 4.61. The highest BCUT2D eigenvalue weighted by Gasteiger charge is 2.09. The second-order valence-corrected chi connectivity index (χ2v) is 4.94. The van der Waals surface area contributed by atoms with Crippen LogP contribution in [-0.2, 0) is 11.2 Å². The van der Waals surface area contributed by atoms with Gasteiger partial charge in [-0.25, -0.2) is 0 Å². The van der Waals surface area contributed by atoms with Gasteiger partial charge in [0.05, 0.1) is 0 Å². The lowest BCUT2D eigenvalue weighted by Crippen LogP contribution is -1.97. The molecule has 0 N–H and O–H groups in total. The summed E-state index contributed by atoms with van der Waals surface area (Å²) in [6, 6.07) is 17.0. The van der Waals surface area contributed by atoms with Crippen LogP contribution in [0.3, 0.4) is 0 Å². The first-order valence-electron chi connectivity index (χ1n) is 6.88. The van der Waals surface area contributed by atoms with Gasteiger partial charge in [0.2, 0.25) is 0 Å². The zero-order valence-electron chi connectivity index (χ0n) is 11.6. The largest absolute Gasteiger partial charge is 0.303 e. The average Bonchev–Trinajstić information content (AvgIpc) is 2.47. The molecule has 1 unspecified atom stereocenters. The van der Waals surface area contributed by atoms with Crippen molar-refractivity contribution in [2.45, 2.75) is 32.6 Å². The summed E-state index contributed by atoms with van der Waals surface area (Å²) in [6.07, 6.45) is 2.60. The smallest absolute Gasteiger partial charge is 0.120 e. The molecule has 0 fully saturated rings. The summed E-state index contributed by atoms with van der Waals surface area (Å²) in [5, 5.41) is 0. The van der Waals surface area contributed by atoms with Crippen LogP contribution in [0.5, 0.6) is 0 Å². The van der Waals surface area contributed by atoms with Crippen LogP contribution in [0.1, 0.15) is 37.3 Å². The van der Waals surface area contributed by atoms with Crippen molar-refractivity contribution in [1.29, 1.82) is 0 Å². The van der Waals surface area contributed by atoms with E-state index in [-0.39, 0.29) is 5.92 Å². The fraction of sp³-hybridized carbons (Fsp3) is 0.278. The van der Waals surface area contributed by atoms with E-state index in [0.29, 0.717) is 6.42 Å². The predicted molar refractivity (Wildman–Crippen MR) is 80.4 cm³/mol. The number of aryl methyl sites for hydroxylation is 1. The van der Waals surface area contributed by atoms with E-state index in [4.69, 9.17) is 0 Å². The van der Waals surface area contributed by atoms with E-state index in [2.05, 4.69) is 56.3 Å². The van der Waals surface area contributed by atoms with Gasteiger partial charge < -0.3 is 4.79 Å². The Morgan fingerprint density at radius 3 is 2.47 bits per heavy atom. The summed E-state index contributed by atoms with van der Waals surface area (Å²) in [5.41, 5.74) is 5.13. The molecule has 0 aromatic heterocycles. The lowest BCUT2D eigenvalue weighted by atomic mass is 9.90. The van der Waals surface area contributed by atoms with Gasteiger partial charge in [0.25, 0.3) is 0 Å². The van der Waals surface area contributed by atoms with Crippen LogP contribution in [0.2, 0.25) is 0 Å². The number of carbonyl (C=O) groups is 1. The summed E-state index contributed by atoms with van der Waals surface area (Å²) >= 11 is 0. The van der Waals surface area contributed by atoms with E-state index in [1.807, 2.05) is 6.07 Å². The maximum Gasteiger partial charge on any atom is 0.120 e. The second kappa shape index (κ2) is 6.33. The van der Waals surface area contributed by atoms with Crippen molar-refractivity contribution in [3.05, 3.63) is 59.7 Å². The number of aldehydes is 1. The minimum atomic E-state index is 0.283. The van der Waals surface area contributed by atoms with Gasteiger partial charge in [0.15, 0.2) is 0 Å². The van der Waals surface area contributed by atoms with Crippen molar-refractivity contribution < 1.29 is 4.79 Å². The average molecular weight is 252 g/mol. The minimum absolute atomic E-state index is 0.283. The summed E-state index contributed by atoms with van der Waals surface area (Å²) in [5.74, 6) is 0.283. The van der Waals surface area contributed by atoms with E-state index in [1.54, 1.807) is 0 Å². The second-order valence-electron chi connectivity index (χ2n) is 4.94. The Hall–Kier alpha value is -1.89. The Morgan fingerprint density at radius 1 is 1.11 bits per heavy atom. The SMILES string of the molecule is CCc1ccc(C(C)CC=O)cc1-c1ccccc1. The standard InChI is InChI=1S/C18H20O/c1-3-15-9-10-17(14(2)11-12-19)13-18(15)16-7-5-4-6-8-16/h4-10,12-14H,3,11H2,1-2H3. The minimum Gasteiger partial charge on any atom is -0.303 e. The number of benzene rings is 2. The molecule has 2 rings (SSSR count). The lowest BCUT2D eigenvalue weighted by Gasteiger charge is -2.14. The van der Waals surface area contributed by atoms with Crippen molar-refractivity contribution in [2.24, 2.45) is 0 Å². The molecule has 1 heteroatoms. The van der Waals surface area contributed by atoms with Gasteiger partial charge in [-0.15, -0.1) is 0 Å². The van der Waals surface area contributed by atoms with Gasteiger partial charge >= 0.3 is 0 Å². The Kier molecular flexibility index (Phi) is 4.51. The Bertz CT molecular complexity index is 543. The molecule has 1 atom stereocenters. The molecule has 19 heavy (non-hydrogen) atoms. The first-order valence-corrected chi connectivity index (χ1v) is 6.88. The normalized spacial score (nSPS) is 12.1. The van der Waals surface area contributed by atoms with Gasteiger partial charge in [0.1, 0.15) is 6.29 Å². The highest BCUT2D eigenvalue weighted by atomic mass is 16.1.